The maximum atomic E-state index is 12.7. The fourth-order valence-electron chi connectivity index (χ4n) is 2.78. The highest BCUT2D eigenvalue weighted by Gasteiger charge is 2.15. The first kappa shape index (κ1) is 17.9. The average molecular weight is 369 g/mol. The summed E-state index contributed by atoms with van der Waals surface area (Å²) in [5.74, 6) is 0.407. The molecule has 6 heteroatoms. The number of rotatable bonds is 7. The Morgan fingerprint density at radius 3 is 2.58 bits per heavy atom. The minimum atomic E-state index is -0.301. The van der Waals surface area contributed by atoms with Gasteiger partial charge in [-0.25, -0.2) is 0 Å². The number of H-pyrrole nitrogens is 1. The smallest absolute Gasteiger partial charge is 0.307 e. The zero-order valence-corrected chi connectivity index (χ0v) is 15.1. The summed E-state index contributed by atoms with van der Waals surface area (Å²) in [5.41, 5.74) is 2.46. The van der Waals surface area contributed by atoms with Crippen LogP contribution in [0.25, 0.3) is 0 Å². The number of thiazole rings is 1. The maximum Gasteiger partial charge on any atom is 0.307 e. The molecular weight excluding hydrogens is 350 g/mol. The molecule has 26 heavy (non-hydrogen) atoms. The molecule has 2 aromatic carbocycles. The number of aromatic hydroxyl groups is 1. The summed E-state index contributed by atoms with van der Waals surface area (Å²) in [6.45, 7) is 0. The van der Waals surface area contributed by atoms with Crippen LogP contribution in [0.5, 0.6) is 11.6 Å². The molecule has 1 aromatic heterocycles. The summed E-state index contributed by atoms with van der Waals surface area (Å²) in [5, 5.41) is 9.75. The van der Waals surface area contributed by atoms with E-state index in [9.17, 15) is 14.7 Å². The highest BCUT2D eigenvalue weighted by molar-refractivity contribution is 7.09. The van der Waals surface area contributed by atoms with Crippen LogP contribution >= 0.6 is 11.3 Å². The fourth-order valence-corrected chi connectivity index (χ4v) is 3.54. The lowest BCUT2D eigenvalue weighted by Gasteiger charge is -2.10. The highest BCUT2D eigenvalue weighted by atomic mass is 32.1. The van der Waals surface area contributed by atoms with Crippen molar-refractivity contribution in [1.29, 1.82) is 0 Å². The number of benzene rings is 2. The summed E-state index contributed by atoms with van der Waals surface area (Å²) in [4.78, 5) is 26.6. The van der Waals surface area contributed by atoms with Crippen LogP contribution in [0, 0.1) is 0 Å². The molecule has 0 saturated carbocycles. The third-order valence-corrected chi connectivity index (χ3v) is 4.98. The number of Topliss-reactive ketones (excluding diaryl/α,β-unsaturated/α-hetero) is 1. The van der Waals surface area contributed by atoms with E-state index in [2.05, 4.69) is 4.98 Å². The Hall–Kier alpha value is -2.86. The van der Waals surface area contributed by atoms with Crippen LogP contribution in [0.4, 0.5) is 0 Å². The van der Waals surface area contributed by atoms with Crippen LogP contribution < -0.4 is 9.61 Å². The van der Waals surface area contributed by atoms with Gasteiger partial charge in [-0.05, 0) is 29.7 Å². The van der Waals surface area contributed by atoms with Crippen molar-refractivity contribution in [3.63, 3.8) is 0 Å². The number of aromatic nitrogens is 1. The molecular formula is C20H19NO4S. The van der Waals surface area contributed by atoms with Gasteiger partial charge in [0.25, 0.3) is 0 Å². The number of aryl methyl sites for hydroxylation is 1. The van der Waals surface area contributed by atoms with Gasteiger partial charge in [-0.15, -0.1) is 0 Å². The van der Waals surface area contributed by atoms with Crippen molar-refractivity contribution in [2.75, 3.05) is 7.11 Å². The van der Waals surface area contributed by atoms with Crippen molar-refractivity contribution >= 4 is 17.1 Å². The summed E-state index contributed by atoms with van der Waals surface area (Å²) in [6, 6.07) is 15.2. The number of aromatic amines is 1. The molecule has 134 valence electrons. The Balaban J connectivity index is 1.79. The number of carbonyl (C=O) groups is 1. The predicted molar refractivity (Wildman–Crippen MR) is 101 cm³/mol. The van der Waals surface area contributed by atoms with Gasteiger partial charge in [-0.2, -0.15) is 0 Å². The van der Waals surface area contributed by atoms with E-state index in [4.69, 9.17) is 4.74 Å². The van der Waals surface area contributed by atoms with Gasteiger partial charge in [0, 0.05) is 12.8 Å². The Bertz CT molecular complexity index is 959. The minimum Gasteiger partial charge on any atom is -0.496 e. The number of hydrogen-bond donors (Lipinski definition) is 2. The van der Waals surface area contributed by atoms with Crippen molar-refractivity contribution < 1.29 is 14.6 Å². The molecule has 0 aliphatic rings. The van der Waals surface area contributed by atoms with E-state index in [0.29, 0.717) is 35.5 Å². The molecule has 3 aromatic rings. The lowest BCUT2D eigenvalue weighted by atomic mass is 9.99. The van der Waals surface area contributed by atoms with Crippen LogP contribution in [0.3, 0.4) is 0 Å². The van der Waals surface area contributed by atoms with Crippen LogP contribution in [-0.2, 0) is 12.8 Å². The van der Waals surface area contributed by atoms with Crippen molar-refractivity contribution in [3.8, 4) is 11.6 Å². The third-order valence-electron chi connectivity index (χ3n) is 4.11. The van der Waals surface area contributed by atoms with E-state index >= 15 is 0 Å². The van der Waals surface area contributed by atoms with Crippen molar-refractivity contribution in [2.24, 2.45) is 0 Å². The second-order valence-corrected chi connectivity index (χ2v) is 6.97. The summed E-state index contributed by atoms with van der Waals surface area (Å²) in [6.07, 6.45) is 1.41. The molecule has 0 atom stereocenters. The molecule has 2 N–H and O–H groups in total. The van der Waals surface area contributed by atoms with Gasteiger partial charge in [0.05, 0.1) is 17.6 Å². The fraction of sp³-hybridized carbons (Fsp3) is 0.200. The summed E-state index contributed by atoms with van der Waals surface area (Å²) in [7, 11) is 1.53. The first-order valence-corrected chi connectivity index (χ1v) is 9.03. The number of nitrogens with one attached hydrogen (secondary N) is 1. The van der Waals surface area contributed by atoms with Gasteiger partial charge in [0.1, 0.15) is 5.75 Å². The van der Waals surface area contributed by atoms with E-state index in [1.807, 2.05) is 36.4 Å². The molecule has 0 aliphatic carbocycles. The van der Waals surface area contributed by atoms with E-state index in [1.54, 1.807) is 12.1 Å². The monoisotopic (exact) mass is 369 g/mol. The minimum absolute atomic E-state index is 0.000897. The first-order chi connectivity index (χ1) is 12.6. The molecule has 0 radical (unpaired) electrons. The van der Waals surface area contributed by atoms with Gasteiger partial charge in [0.2, 0.25) is 5.88 Å². The Morgan fingerprint density at radius 1 is 1.15 bits per heavy atom. The van der Waals surface area contributed by atoms with Crippen molar-refractivity contribution in [1.82, 2.24) is 4.98 Å². The number of hydrogen-bond acceptors (Lipinski definition) is 5. The summed E-state index contributed by atoms with van der Waals surface area (Å²) >= 11 is 0.964. The van der Waals surface area contributed by atoms with Crippen LogP contribution in [0.1, 0.15) is 32.8 Å². The van der Waals surface area contributed by atoms with E-state index in [-0.39, 0.29) is 16.5 Å². The third kappa shape index (κ3) is 4.21. The molecule has 0 bridgehead atoms. The predicted octanol–water partition coefficient (Wildman–Crippen LogP) is 3.56. The molecule has 1 heterocycles. The van der Waals surface area contributed by atoms with Crippen molar-refractivity contribution in [3.05, 3.63) is 79.8 Å². The van der Waals surface area contributed by atoms with E-state index in [0.717, 1.165) is 22.5 Å². The highest BCUT2D eigenvalue weighted by Crippen LogP contribution is 2.26. The second kappa shape index (κ2) is 8.01. The van der Waals surface area contributed by atoms with E-state index in [1.165, 1.54) is 7.11 Å². The van der Waals surface area contributed by atoms with Gasteiger partial charge in [0.15, 0.2) is 5.78 Å². The zero-order chi connectivity index (χ0) is 18.5. The van der Waals surface area contributed by atoms with Crippen LogP contribution in [0.15, 0.2) is 53.3 Å². The van der Waals surface area contributed by atoms with Gasteiger partial charge in [-0.3, -0.25) is 14.6 Å². The molecule has 0 aliphatic heterocycles. The zero-order valence-electron chi connectivity index (χ0n) is 14.3. The maximum absolute atomic E-state index is 12.7. The molecule has 3 rings (SSSR count). The normalized spacial score (nSPS) is 10.7. The molecule has 0 spiro atoms. The molecule has 0 saturated heterocycles. The quantitative estimate of drug-likeness (QED) is 0.624. The Kier molecular flexibility index (Phi) is 5.53. The number of methoxy groups -OCH3 is 1. The number of carbonyl (C=O) groups excluding carboxylic acids is 1. The second-order valence-electron chi connectivity index (χ2n) is 5.91. The number of ether oxygens (including phenoxy) is 1. The molecule has 0 amide bonds. The van der Waals surface area contributed by atoms with Crippen molar-refractivity contribution in [2.45, 2.75) is 19.3 Å². The molecule has 0 fully saturated rings. The standard InChI is InChI=1S/C20H19NO4S/c1-25-17-10-8-14(12-18-19(23)21-20(24)26-18)11-15(17)16(22)9-7-13-5-3-2-4-6-13/h2-6,8,10-11,23H,7,9,12H2,1H3,(H,21,24). The lowest BCUT2D eigenvalue weighted by molar-refractivity contribution is 0.0980. The Labute approximate surface area is 154 Å². The first-order valence-electron chi connectivity index (χ1n) is 8.22. The van der Waals surface area contributed by atoms with Gasteiger partial charge in [-0.1, -0.05) is 47.7 Å². The van der Waals surface area contributed by atoms with E-state index < -0.39 is 0 Å². The summed E-state index contributed by atoms with van der Waals surface area (Å²) < 4.78 is 5.33. The molecule has 0 unspecified atom stereocenters. The number of ketones is 1. The SMILES string of the molecule is COc1ccc(Cc2sc(=O)[nH]c2O)cc1C(=O)CCc1ccccc1. The average Bonchev–Trinajstić information content (AvgIpc) is 2.97. The van der Waals surface area contributed by atoms with Crippen LogP contribution in [0.2, 0.25) is 0 Å². The Morgan fingerprint density at radius 2 is 1.92 bits per heavy atom. The lowest BCUT2D eigenvalue weighted by Crippen LogP contribution is -2.05. The largest absolute Gasteiger partial charge is 0.496 e. The topological polar surface area (TPSA) is 79.4 Å². The molecule has 5 nitrogen and oxygen atoms in total. The van der Waals surface area contributed by atoms with Gasteiger partial charge < -0.3 is 9.84 Å². The van der Waals surface area contributed by atoms with Crippen LogP contribution in [-0.4, -0.2) is 23.0 Å². The van der Waals surface area contributed by atoms with Gasteiger partial charge >= 0.3 is 4.87 Å².